The van der Waals surface area contributed by atoms with Crippen LogP contribution in [0.1, 0.15) is 22.5 Å². The van der Waals surface area contributed by atoms with E-state index in [0.29, 0.717) is 10.8 Å². The van der Waals surface area contributed by atoms with Crippen molar-refractivity contribution in [2.45, 2.75) is 18.9 Å². The summed E-state index contributed by atoms with van der Waals surface area (Å²) in [4.78, 5) is 20.4. The minimum atomic E-state index is -0.0227. The highest BCUT2D eigenvalue weighted by molar-refractivity contribution is 7.21. The number of rotatable bonds is 3. The van der Waals surface area contributed by atoms with Crippen LogP contribution in [0.25, 0.3) is 15.8 Å². The first-order valence-corrected chi connectivity index (χ1v) is 9.37. The Balaban J connectivity index is 1.52. The zero-order valence-corrected chi connectivity index (χ0v) is 14.4. The van der Waals surface area contributed by atoms with E-state index in [-0.39, 0.29) is 11.9 Å². The van der Waals surface area contributed by atoms with Crippen LogP contribution in [0.2, 0.25) is 0 Å². The molecule has 8 heteroatoms. The van der Waals surface area contributed by atoms with E-state index in [9.17, 15) is 4.79 Å². The van der Waals surface area contributed by atoms with Crippen molar-refractivity contribution in [2.75, 3.05) is 19.6 Å². The molecule has 0 unspecified atom stereocenters. The maximum atomic E-state index is 13.1. The summed E-state index contributed by atoms with van der Waals surface area (Å²) in [5, 5.41) is 12.3. The minimum absolute atomic E-state index is 0.0227. The quantitative estimate of drug-likeness (QED) is 0.775. The summed E-state index contributed by atoms with van der Waals surface area (Å²) in [7, 11) is 0. The fourth-order valence-electron chi connectivity index (χ4n) is 4.01. The first-order valence-electron chi connectivity index (χ1n) is 8.56. The summed E-state index contributed by atoms with van der Waals surface area (Å²) >= 11 is 1.46. The number of fused-ring (bicyclic) bond motifs is 4. The maximum Gasteiger partial charge on any atom is 0.263 e. The second kappa shape index (κ2) is 5.89. The van der Waals surface area contributed by atoms with Crippen LogP contribution in [0, 0.1) is 5.92 Å². The van der Waals surface area contributed by atoms with Crippen molar-refractivity contribution >= 4 is 27.3 Å². The lowest BCUT2D eigenvalue weighted by Gasteiger charge is -2.44. The van der Waals surface area contributed by atoms with Crippen molar-refractivity contribution in [2.24, 2.45) is 5.92 Å². The van der Waals surface area contributed by atoms with Gasteiger partial charge in [-0.1, -0.05) is 5.21 Å². The topological polar surface area (TPSA) is 75.9 Å². The molecule has 3 aromatic heterocycles. The SMILES string of the molecule is O=C(N[C@H]1CN2CCC1CC2)c1sc2cnccc2c1-n1ccnn1. The zero-order chi connectivity index (χ0) is 16.8. The second-order valence-electron chi connectivity index (χ2n) is 6.72. The summed E-state index contributed by atoms with van der Waals surface area (Å²) in [5.74, 6) is 0.574. The van der Waals surface area contributed by atoms with Gasteiger partial charge >= 0.3 is 0 Å². The predicted octanol–water partition coefficient (Wildman–Crippen LogP) is 1.70. The fourth-order valence-corrected chi connectivity index (χ4v) is 5.07. The van der Waals surface area contributed by atoms with E-state index < -0.39 is 0 Å². The second-order valence-corrected chi connectivity index (χ2v) is 7.77. The number of pyridine rings is 1. The molecule has 1 amide bonds. The Hall–Kier alpha value is -2.32. The Morgan fingerprint density at radius 2 is 2.16 bits per heavy atom. The summed E-state index contributed by atoms with van der Waals surface area (Å²) in [5.41, 5.74) is 0.790. The van der Waals surface area contributed by atoms with Crippen molar-refractivity contribution in [1.29, 1.82) is 0 Å². The van der Waals surface area contributed by atoms with E-state index in [2.05, 4.69) is 25.5 Å². The van der Waals surface area contributed by atoms with Gasteiger partial charge in [0.1, 0.15) is 4.88 Å². The molecular weight excluding hydrogens is 336 g/mol. The molecule has 0 spiro atoms. The smallest absolute Gasteiger partial charge is 0.263 e. The van der Waals surface area contributed by atoms with Crippen molar-refractivity contribution in [1.82, 2.24) is 30.2 Å². The minimum Gasteiger partial charge on any atom is -0.347 e. The summed E-state index contributed by atoms with van der Waals surface area (Å²) < 4.78 is 2.65. The number of nitrogens with one attached hydrogen (secondary N) is 1. The molecule has 3 fully saturated rings. The predicted molar refractivity (Wildman–Crippen MR) is 95.0 cm³/mol. The number of thiophene rings is 1. The normalized spacial score (nSPS) is 25.4. The summed E-state index contributed by atoms with van der Waals surface area (Å²) in [6.07, 6.45) is 9.29. The van der Waals surface area contributed by atoms with Crippen molar-refractivity contribution < 1.29 is 4.79 Å². The molecule has 0 saturated carbocycles. The molecule has 25 heavy (non-hydrogen) atoms. The van der Waals surface area contributed by atoms with Crippen molar-refractivity contribution in [3.05, 3.63) is 35.7 Å². The van der Waals surface area contributed by atoms with Crippen LogP contribution >= 0.6 is 11.3 Å². The van der Waals surface area contributed by atoms with Crippen LogP contribution < -0.4 is 5.32 Å². The molecule has 128 valence electrons. The molecule has 6 rings (SSSR count). The molecule has 3 aromatic rings. The molecule has 3 saturated heterocycles. The lowest BCUT2D eigenvalue weighted by atomic mass is 9.84. The van der Waals surface area contributed by atoms with Gasteiger partial charge in [0.25, 0.3) is 5.91 Å². The van der Waals surface area contributed by atoms with Crippen molar-refractivity contribution in [3.8, 4) is 5.69 Å². The number of aromatic nitrogens is 4. The number of carbonyl (C=O) groups excluding carboxylic acids is 1. The molecule has 0 aliphatic carbocycles. The van der Waals surface area contributed by atoms with E-state index in [1.807, 2.05) is 6.07 Å². The number of nitrogens with zero attached hydrogens (tertiary/aromatic N) is 5. The Kier molecular flexibility index (Phi) is 3.53. The van der Waals surface area contributed by atoms with Crippen LogP contribution in [0.4, 0.5) is 0 Å². The number of amides is 1. The molecule has 3 aliphatic heterocycles. The molecular formula is C17H18N6OS. The Labute approximate surface area is 148 Å². The van der Waals surface area contributed by atoms with E-state index in [1.165, 1.54) is 24.2 Å². The lowest BCUT2D eigenvalue weighted by molar-refractivity contribution is 0.0622. The average Bonchev–Trinajstić information content (AvgIpc) is 3.30. The third-order valence-electron chi connectivity index (χ3n) is 5.30. The largest absolute Gasteiger partial charge is 0.347 e. The lowest BCUT2D eigenvalue weighted by Crippen LogP contribution is -2.57. The Morgan fingerprint density at radius 3 is 2.88 bits per heavy atom. The van der Waals surface area contributed by atoms with Gasteiger partial charge in [0.05, 0.1) is 22.8 Å². The fraction of sp³-hybridized carbons (Fsp3) is 0.412. The van der Waals surface area contributed by atoms with E-state index >= 15 is 0 Å². The highest BCUT2D eigenvalue weighted by Gasteiger charge is 2.35. The molecule has 0 radical (unpaired) electrons. The standard InChI is InChI=1S/C17H18N6OS/c24-17(20-13-10-22-6-2-11(13)3-7-22)16-15(23-8-5-19-21-23)12-1-4-18-9-14(12)25-16/h1,4-5,8-9,11,13H,2-3,6-7,10H2,(H,20,24)/t13-/m0/s1. The van der Waals surface area contributed by atoms with Crippen molar-refractivity contribution in [3.63, 3.8) is 0 Å². The highest BCUT2D eigenvalue weighted by atomic mass is 32.1. The number of piperidine rings is 3. The Morgan fingerprint density at radius 1 is 1.28 bits per heavy atom. The van der Waals surface area contributed by atoms with Crippen LogP contribution in [0.15, 0.2) is 30.9 Å². The molecule has 1 atom stereocenters. The van der Waals surface area contributed by atoms with Gasteiger partial charge < -0.3 is 10.2 Å². The first-order chi connectivity index (χ1) is 12.3. The van der Waals surface area contributed by atoms with Gasteiger partial charge in [-0.15, -0.1) is 16.4 Å². The summed E-state index contributed by atoms with van der Waals surface area (Å²) in [6.45, 7) is 3.28. The highest BCUT2D eigenvalue weighted by Crippen LogP contribution is 2.34. The van der Waals surface area contributed by atoms with Gasteiger partial charge in [-0.25, -0.2) is 4.68 Å². The maximum absolute atomic E-state index is 13.1. The van der Waals surface area contributed by atoms with Gasteiger partial charge in [0.15, 0.2) is 0 Å². The number of hydrogen-bond acceptors (Lipinski definition) is 6. The Bertz CT molecular complexity index is 913. The number of hydrogen-bond donors (Lipinski definition) is 1. The van der Waals surface area contributed by atoms with Crippen LogP contribution in [-0.4, -0.2) is 56.5 Å². The van der Waals surface area contributed by atoms with Gasteiger partial charge in [0, 0.05) is 30.4 Å². The number of carbonyl (C=O) groups is 1. The van der Waals surface area contributed by atoms with Gasteiger partial charge in [-0.3, -0.25) is 9.78 Å². The van der Waals surface area contributed by atoms with Crippen LogP contribution in [-0.2, 0) is 0 Å². The monoisotopic (exact) mass is 354 g/mol. The van der Waals surface area contributed by atoms with Crippen LogP contribution in [0.3, 0.4) is 0 Å². The zero-order valence-electron chi connectivity index (χ0n) is 13.6. The van der Waals surface area contributed by atoms with Gasteiger partial charge in [-0.05, 0) is 37.9 Å². The molecule has 1 N–H and O–H groups in total. The molecule has 2 bridgehead atoms. The first kappa shape index (κ1) is 15.0. The van der Waals surface area contributed by atoms with E-state index in [1.54, 1.807) is 29.5 Å². The molecule has 3 aliphatic rings. The van der Waals surface area contributed by atoms with E-state index in [0.717, 1.165) is 35.4 Å². The van der Waals surface area contributed by atoms with E-state index in [4.69, 9.17) is 0 Å². The van der Waals surface area contributed by atoms with Gasteiger partial charge in [0.2, 0.25) is 0 Å². The molecule has 6 heterocycles. The summed E-state index contributed by atoms with van der Waals surface area (Å²) in [6, 6.07) is 2.16. The third kappa shape index (κ3) is 2.52. The molecule has 7 nitrogen and oxygen atoms in total. The molecule has 0 aromatic carbocycles. The van der Waals surface area contributed by atoms with Gasteiger partial charge in [-0.2, -0.15) is 0 Å². The van der Waals surface area contributed by atoms with Crippen LogP contribution in [0.5, 0.6) is 0 Å². The average molecular weight is 354 g/mol. The third-order valence-corrected chi connectivity index (χ3v) is 6.43.